The maximum atomic E-state index is 11.6. The molecule has 1 heterocycles. The van der Waals surface area contributed by atoms with Gasteiger partial charge in [0.2, 0.25) is 5.91 Å². The van der Waals surface area contributed by atoms with E-state index in [4.69, 9.17) is 0 Å². The van der Waals surface area contributed by atoms with Crippen molar-refractivity contribution in [1.82, 2.24) is 4.90 Å². The Labute approximate surface area is 140 Å². The zero-order chi connectivity index (χ0) is 16.9. The lowest BCUT2D eigenvalue weighted by Gasteiger charge is -2.15. The Morgan fingerprint density at radius 3 is 2.29 bits per heavy atom. The summed E-state index contributed by atoms with van der Waals surface area (Å²) in [5.74, 6) is 0.235. The maximum Gasteiger partial charge on any atom is 0.269 e. The summed E-state index contributed by atoms with van der Waals surface area (Å²) < 4.78 is 0. The second-order valence-electron chi connectivity index (χ2n) is 5.89. The van der Waals surface area contributed by atoms with Crippen molar-refractivity contribution in [3.05, 3.63) is 69.8 Å². The number of nitro benzene ring substituents is 1. The van der Waals surface area contributed by atoms with Gasteiger partial charge < -0.3 is 10.2 Å². The highest BCUT2D eigenvalue weighted by molar-refractivity contribution is 5.78. The molecule has 0 spiro atoms. The Morgan fingerprint density at radius 1 is 1.04 bits per heavy atom. The molecule has 124 valence electrons. The van der Waals surface area contributed by atoms with Crippen molar-refractivity contribution < 1.29 is 9.72 Å². The molecule has 0 bridgehead atoms. The number of hydrogen-bond acceptors (Lipinski definition) is 4. The Hall–Kier alpha value is -2.89. The zero-order valence-electron chi connectivity index (χ0n) is 13.3. The molecule has 0 saturated carbocycles. The molecule has 1 aliphatic heterocycles. The van der Waals surface area contributed by atoms with E-state index in [1.54, 1.807) is 12.1 Å². The maximum absolute atomic E-state index is 11.6. The van der Waals surface area contributed by atoms with Gasteiger partial charge in [0.15, 0.2) is 0 Å². The van der Waals surface area contributed by atoms with Crippen LogP contribution in [0.4, 0.5) is 11.4 Å². The van der Waals surface area contributed by atoms with Crippen molar-refractivity contribution >= 4 is 17.3 Å². The molecule has 0 aromatic heterocycles. The number of nitrogens with one attached hydrogen (secondary N) is 1. The molecule has 6 nitrogen and oxygen atoms in total. The molecular weight excluding hydrogens is 306 g/mol. The first-order valence-corrected chi connectivity index (χ1v) is 7.96. The molecule has 2 aromatic rings. The van der Waals surface area contributed by atoms with Crippen LogP contribution in [0.3, 0.4) is 0 Å². The number of amides is 1. The van der Waals surface area contributed by atoms with Gasteiger partial charge in [-0.3, -0.25) is 14.9 Å². The number of carbonyl (C=O) groups excluding carboxylic acids is 1. The minimum Gasteiger partial charge on any atom is -0.381 e. The third-order valence-electron chi connectivity index (χ3n) is 4.14. The van der Waals surface area contributed by atoms with Crippen molar-refractivity contribution in [1.29, 1.82) is 0 Å². The number of carbonyl (C=O) groups is 1. The number of anilines is 1. The monoisotopic (exact) mass is 325 g/mol. The van der Waals surface area contributed by atoms with Crippen LogP contribution in [0.5, 0.6) is 0 Å². The van der Waals surface area contributed by atoms with Crippen molar-refractivity contribution in [2.24, 2.45) is 0 Å². The number of nitrogens with zero attached hydrogens (tertiary/aromatic N) is 2. The zero-order valence-corrected chi connectivity index (χ0v) is 13.3. The quantitative estimate of drug-likeness (QED) is 0.653. The third kappa shape index (κ3) is 3.90. The lowest BCUT2D eigenvalue weighted by atomic mass is 10.1. The third-order valence-corrected chi connectivity index (χ3v) is 4.14. The first-order chi connectivity index (χ1) is 11.6. The molecule has 1 saturated heterocycles. The van der Waals surface area contributed by atoms with Gasteiger partial charge in [0.1, 0.15) is 0 Å². The van der Waals surface area contributed by atoms with Crippen LogP contribution in [0.25, 0.3) is 0 Å². The highest BCUT2D eigenvalue weighted by Gasteiger charge is 2.19. The Balaban J connectivity index is 1.54. The van der Waals surface area contributed by atoms with Crippen LogP contribution in [0.2, 0.25) is 0 Å². The topological polar surface area (TPSA) is 75.5 Å². The van der Waals surface area contributed by atoms with Gasteiger partial charge in [0, 0.05) is 43.9 Å². The van der Waals surface area contributed by atoms with Crippen molar-refractivity contribution in [2.75, 3.05) is 11.9 Å². The molecule has 2 aromatic carbocycles. The van der Waals surface area contributed by atoms with Gasteiger partial charge in [-0.05, 0) is 29.7 Å². The van der Waals surface area contributed by atoms with E-state index in [2.05, 4.69) is 5.32 Å². The van der Waals surface area contributed by atoms with E-state index in [1.807, 2.05) is 29.2 Å². The van der Waals surface area contributed by atoms with Crippen LogP contribution in [-0.2, 0) is 17.9 Å². The fourth-order valence-corrected chi connectivity index (χ4v) is 2.76. The number of likely N-dealkylation sites (tertiary alicyclic amines) is 1. The van der Waals surface area contributed by atoms with E-state index < -0.39 is 4.92 Å². The number of hydrogen-bond donors (Lipinski definition) is 1. The summed E-state index contributed by atoms with van der Waals surface area (Å²) in [5, 5.41) is 13.9. The van der Waals surface area contributed by atoms with Gasteiger partial charge in [-0.2, -0.15) is 0 Å². The molecule has 0 aliphatic carbocycles. The van der Waals surface area contributed by atoms with E-state index in [1.165, 1.54) is 12.1 Å². The average Bonchev–Trinajstić information content (AvgIpc) is 2.99. The van der Waals surface area contributed by atoms with Crippen LogP contribution in [0, 0.1) is 10.1 Å². The predicted molar refractivity (Wildman–Crippen MR) is 91.5 cm³/mol. The Kier molecular flexibility index (Phi) is 4.74. The SMILES string of the molecule is O=C1CCCN1Cc1ccc(CNc2ccc([N+](=O)[O-])cc2)cc1. The molecule has 1 amide bonds. The minimum absolute atomic E-state index is 0.0846. The van der Waals surface area contributed by atoms with Crippen LogP contribution < -0.4 is 5.32 Å². The second-order valence-corrected chi connectivity index (χ2v) is 5.89. The van der Waals surface area contributed by atoms with Crippen LogP contribution in [-0.4, -0.2) is 22.3 Å². The largest absolute Gasteiger partial charge is 0.381 e. The molecule has 1 aliphatic rings. The van der Waals surface area contributed by atoms with Crippen LogP contribution >= 0.6 is 0 Å². The number of benzene rings is 2. The summed E-state index contributed by atoms with van der Waals surface area (Å²) >= 11 is 0. The lowest BCUT2D eigenvalue weighted by Crippen LogP contribution is -2.23. The molecule has 1 fully saturated rings. The minimum atomic E-state index is -0.409. The summed E-state index contributed by atoms with van der Waals surface area (Å²) in [5.41, 5.74) is 3.17. The summed E-state index contributed by atoms with van der Waals surface area (Å²) in [6.07, 6.45) is 1.62. The van der Waals surface area contributed by atoms with Gasteiger partial charge in [-0.15, -0.1) is 0 Å². The lowest BCUT2D eigenvalue weighted by molar-refractivity contribution is -0.384. The number of rotatable bonds is 6. The van der Waals surface area contributed by atoms with E-state index in [9.17, 15) is 14.9 Å². The van der Waals surface area contributed by atoms with Gasteiger partial charge in [0.25, 0.3) is 5.69 Å². The highest BCUT2D eigenvalue weighted by Crippen LogP contribution is 2.17. The van der Waals surface area contributed by atoms with Gasteiger partial charge >= 0.3 is 0 Å². The number of non-ortho nitro benzene ring substituents is 1. The van der Waals surface area contributed by atoms with E-state index in [0.717, 1.165) is 29.8 Å². The predicted octanol–water partition coefficient (Wildman–Crippen LogP) is 3.33. The fourth-order valence-electron chi connectivity index (χ4n) is 2.76. The summed E-state index contributed by atoms with van der Waals surface area (Å²) in [7, 11) is 0. The van der Waals surface area contributed by atoms with Crippen molar-refractivity contribution in [3.8, 4) is 0 Å². The summed E-state index contributed by atoms with van der Waals surface area (Å²) in [6, 6.07) is 14.5. The molecule has 0 atom stereocenters. The van der Waals surface area contributed by atoms with E-state index in [0.29, 0.717) is 19.5 Å². The van der Waals surface area contributed by atoms with Crippen molar-refractivity contribution in [3.63, 3.8) is 0 Å². The van der Waals surface area contributed by atoms with Crippen LogP contribution in [0.1, 0.15) is 24.0 Å². The smallest absolute Gasteiger partial charge is 0.269 e. The van der Waals surface area contributed by atoms with E-state index >= 15 is 0 Å². The number of nitro groups is 1. The normalized spacial score (nSPS) is 14.0. The molecule has 0 radical (unpaired) electrons. The van der Waals surface area contributed by atoms with Crippen LogP contribution in [0.15, 0.2) is 48.5 Å². The summed E-state index contributed by atoms with van der Waals surface area (Å²) in [6.45, 7) is 2.16. The van der Waals surface area contributed by atoms with Gasteiger partial charge in [-0.25, -0.2) is 0 Å². The molecular formula is C18H19N3O3. The summed E-state index contributed by atoms with van der Waals surface area (Å²) in [4.78, 5) is 23.8. The Bertz CT molecular complexity index is 726. The first kappa shape index (κ1) is 16.0. The first-order valence-electron chi connectivity index (χ1n) is 7.96. The van der Waals surface area contributed by atoms with Crippen molar-refractivity contribution in [2.45, 2.75) is 25.9 Å². The average molecular weight is 325 g/mol. The van der Waals surface area contributed by atoms with Gasteiger partial charge in [-0.1, -0.05) is 24.3 Å². The van der Waals surface area contributed by atoms with Gasteiger partial charge in [0.05, 0.1) is 4.92 Å². The molecule has 1 N–H and O–H groups in total. The standard InChI is InChI=1S/C18H19N3O3/c22-18-2-1-11-20(18)13-15-5-3-14(4-6-15)12-19-16-7-9-17(10-8-16)21(23)24/h3-10,19H,1-2,11-13H2. The molecule has 0 unspecified atom stereocenters. The molecule has 24 heavy (non-hydrogen) atoms. The molecule has 6 heteroatoms. The fraction of sp³-hybridized carbons (Fsp3) is 0.278. The highest BCUT2D eigenvalue weighted by atomic mass is 16.6. The van der Waals surface area contributed by atoms with E-state index in [-0.39, 0.29) is 11.6 Å². The second kappa shape index (κ2) is 7.12. The molecule has 3 rings (SSSR count). The Morgan fingerprint density at radius 2 is 1.71 bits per heavy atom.